The quantitative estimate of drug-likeness (QED) is 0.693. The Labute approximate surface area is 80.7 Å². The lowest BCUT2D eigenvalue weighted by atomic mass is 10.4. The normalized spacial score (nSPS) is 11.1. The van der Waals surface area contributed by atoms with Gasteiger partial charge in [-0.15, -0.1) is 0 Å². The van der Waals surface area contributed by atoms with Gasteiger partial charge in [-0.05, 0) is 0 Å². The monoisotopic (exact) mass is 205 g/mol. The van der Waals surface area contributed by atoms with Crippen LogP contribution in [0.5, 0.6) is 0 Å². The predicted octanol–water partition coefficient (Wildman–Crippen LogP) is 0.623. The summed E-state index contributed by atoms with van der Waals surface area (Å²) in [6.45, 7) is 0.606. The van der Waals surface area contributed by atoms with E-state index in [2.05, 4.69) is 4.98 Å². The zero-order valence-corrected chi connectivity index (χ0v) is 7.70. The first-order valence-electron chi connectivity index (χ1n) is 4.29. The lowest BCUT2D eigenvalue weighted by Crippen LogP contribution is -2.13. The van der Waals surface area contributed by atoms with Gasteiger partial charge in [-0.2, -0.15) is 0 Å². The van der Waals surface area contributed by atoms with Gasteiger partial charge in [-0.25, -0.2) is 13.8 Å². The summed E-state index contributed by atoms with van der Waals surface area (Å²) in [5.41, 5.74) is 6.29. The maximum Gasteiger partial charge on any atom is 0.261 e. The molecule has 0 saturated carbocycles. The lowest BCUT2D eigenvalue weighted by molar-refractivity contribution is 0.0146. The molecule has 1 aromatic heterocycles. The number of nitrogens with two attached hydrogens (primary N) is 1. The van der Waals surface area contributed by atoms with E-state index in [4.69, 9.17) is 10.5 Å². The maximum atomic E-state index is 11.7. The Hall–Kier alpha value is -1.01. The van der Waals surface area contributed by atoms with Crippen molar-refractivity contribution in [1.29, 1.82) is 0 Å². The Balaban J connectivity index is 2.24. The summed E-state index contributed by atoms with van der Waals surface area (Å²) >= 11 is 0. The van der Waals surface area contributed by atoms with E-state index in [1.165, 1.54) is 0 Å². The highest BCUT2D eigenvalue weighted by molar-refractivity contribution is 4.96. The van der Waals surface area contributed by atoms with E-state index in [-0.39, 0.29) is 6.61 Å². The average molecular weight is 205 g/mol. The topological polar surface area (TPSA) is 53.1 Å². The Kier molecular flexibility index (Phi) is 4.48. The number of rotatable bonds is 6. The summed E-state index contributed by atoms with van der Waals surface area (Å²) in [6, 6.07) is 0. The van der Waals surface area contributed by atoms with E-state index in [1.54, 1.807) is 17.1 Å². The molecule has 0 aliphatic heterocycles. The van der Waals surface area contributed by atoms with E-state index >= 15 is 0 Å². The second kappa shape index (κ2) is 5.66. The first-order valence-corrected chi connectivity index (χ1v) is 4.29. The van der Waals surface area contributed by atoms with Gasteiger partial charge in [0.15, 0.2) is 0 Å². The predicted molar refractivity (Wildman–Crippen MR) is 46.9 cm³/mol. The van der Waals surface area contributed by atoms with Crippen LogP contribution >= 0.6 is 0 Å². The summed E-state index contributed by atoms with van der Waals surface area (Å²) in [7, 11) is 0. The van der Waals surface area contributed by atoms with Gasteiger partial charge in [0.2, 0.25) is 0 Å². The highest BCUT2D eigenvalue weighted by Gasteiger charge is 2.02. The highest BCUT2D eigenvalue weighted by Crippen LogP contribution is 1.98. The molecule has 0 fully saturated rings. The van der Waals surface area contributed by atoms with Crippen LogP contribution in [0, 0.1) is 0 Å². The number of aromatic nitrogens is 2. The van der Waals surface area contributed by atoms with Gasteiger partial charge in [0.1, 0.15) is 6.61 Å². The van der Waals surface area contributed by atoms with Gasteiger partial charge in [0, 0.05) is 19.3 Å². The second-order valence-corrected chi connectivity index (χ2v) is 2.75. The Morgan fingerprint density at radius 1 is 1.57 bits per heavy atom. The molecule has 6 heteroatoms. The Morgan fingerprint density at radius 3 is 3.00 bits per heavy atom. The SMILES string of the molecule is NCc1cncn1CCOCC(F)F. The summed E-state index contributed by atoms with van der Waals surface area (Å²) < 4.78 is 29.9. The van der Waals surface area contributed by atoms with E-state index in [9.17, 15) is 8.78 Å². The van der Waals surface area contributed by atoms with Crippen LogP contribution in [-0.2, 0) is 17.8 Å². The minimum absolute atomic E-state index is 0.244. The number of imidazole rings is 1. The molecule has 0 aliphatic carbocycles. The second-order valence-electron chi connectivity index (χ2n) is 2.75. The van der Waals surface area contributed by atoms with Gasteiger partial charge in [0.05, 0.1) is 18.6 Å². The molecule has 0 aromatic carbocycles. The Morgan fingerprint density at radius 2 is 2.36 bits per heavy atom. The van der Waals surface area contributed by atoms with Crippen LogP contribution in [0.4, 0.5) is 8.78 Å². The highest BCUT2D eigenvalue weighted by atomic mass is 19.3. The zero-order chi connectivity index (χ0) is 10.4. The molecule has 0 spiro atoms. The maximum absolute atomic E-state index is 11.7. The van der Waals surface area contributed by atoms with Crippen LogP contribution in [0.15, 0.2) is 12.5 Å². The fourth-order valence-electron chi connectivity index (χ4n) is 1.05. The van der Waals surface area contributed by atoms with Crippen molar-refractivity contribution in [3.8, 4) is 0 Å². The molecular weight excluding hydrogens is 192 g/mol. The molecule has 0 aliphatic rings. The van der Waals surface area contributed by atoms with Crippen molar-refractivity contribution in [2.24, 2.45) is 5.73 Å². The minimum Gasteiger partial charge on any atom is -0.374 e. The average Bonchev–Trinajstić information content (AvgIpc) is 2.59. The van der Waals surface area contributed by atoms with Crippen LogP contribution in [0.25, 0.3) is 0 Å². The molecule has 0 atom stereocenters. The number of hydrogen-bond donors (Lipinski definition) is 1. The molecule has 0 radical (unpaired) electrons. The standard InChI is InChI=1S/C8H13F2N3O/c9-8(10)5-14-2-1-13-6-12-4-7(13)3-11/h4,6,8H,1-3,5,11H2. The molecule has 2 N–H and O–H groups in total. The van der Waals surface area contributed by atoms with Gasteiger partial charge in [-0.3, -0.25) is 0 Å². The fraction of sp³-hybridized carbons (Fsp3) is 0.625. The first-order chi connectivity index (χ1) is 6.74. The van der Waals surface area contributed by atoms with Crippen molar-refractivity contribution in [1.82, 2.24) is 9.55 Å². The van der Waals surface area contributed by atoms with Crippen LogP contribution in [0.3, 0.4) is 0 Å². The summed E-state index contributed by atoms with van der Waals surface area (Å²) in [6.07, 6.45) is 0.841. The van der Waals surface area contributed by atoms with Gasteiger partial charge in [0.25, 0.3) is 6.43 Å². The summed E-state index contributed by atoms with van der Waals surface area (Å²) in [4.78, 5) is 3.89. The summed E-state index contributed by atoms with van der Waals surface area (Å²) in [5.74, 6) is 0. The third kappa shape index (κ3) is 3.39. The van der Waals surface area contributed by atoms with E-state index in [1.807, 2.05) is 0 Å². The molecule has 1 rings (SSSR count). The lowest BCUT2D eigenvalue weighted by Gasteiger charge is -2.06. The minimum atomic E-state index is -2.41. The molecule has 0 bridgehead atoms. The molecule has 0 amide bonds. The van der Waals surface area contributed by atoms with Crippen LogP contribution < -0.4 is 5.73 Å². The molecule has 0 saturated heterocycles. The van der Waals surface area contributed by atoms with Crippen molar-refractivity contribution in [2.75, 3.05) is 13.2 Å². The molecule has 14 heavy (non-hydrogen) atoms. The van der Waals surface area contributed by atoms with Gasteiger partial charge < -0.3 is 15.0 Å². The van der Waals surface area contributed by atoms with Crippen molar-refractivity contribution >= 4 is 0 Å². The zero-order valence-electron chi connectivity index (χ0n) is 7.70. The molecule has 0 unspecified atom stereocenters. The van der Waals surface area contributed by atoms with Crippen LogP contribution in [-0.4, -0.2) is 29.2 Å². The fourth-order valence-corrected chi connectivity index (χ4v) is 1.05. The van der Waals surface area contributed by atoms with Crippen LogP contribution in [0.1, 0.15) is 5.69 Å². The van der Waals surface area contributed by atoms with Crippen molar-refractivity contribution in [3.63, 3.8) is 0 Å². The Bertz CT molecular complexity index is 265. The number of halogens is 2. The van der Waals surface area contributed by atoms with Crippen molar-refractivity contribution in [2.45, 2.75) is 19.5 Å². The molecule has 1 aromatic rings. The number of hydrogen-bond acceptors (Lipinski definition) is 3. The van der Waals surface area contributed by atoms with Crippen molar-refractivity contribution in [3.05, 3.63) is 18.2 Å². The number of nitrogens with zero attached hydrogens (tertiary/aromatic N) is 2. The smallest absolute Gasteiger partial charge is 0.261 e. The molecule has 80 valence electrons. The van der Waals surface area contributed by atoms with E-state index < -0.39 is 13.0 Å². The molecule has 4 nitrogen and oxygen atoms in total. The van der Waals surface area contributed by atoms with Crippen molar-refractivity contribution < 1.29 is 13.5 Å². The molecular formula is C8H13F2N3O. The third-order valence-corrected chi connectivity index (χ3v) is 1.73. The molecule has 1 heterocycles. The largest absolute Gasteiger partial charge is 0.374 e. The van der Waals surface area contributed by atoms with Crippen LogP contribution in [0.2, 0.25) is 0 Å². The number of alkyl halides is 2. The van der Waals surface area contributed by atoms with Gasteiger partial charge in [-0.1, -0.05) is 0 Å². The number of ether oxygens (including phenoxy) is 1. The van der Waals surface area contributed by atoms with Gasteiger partial charge >= 0.3 is 0 Å². The first kappa shape index (κ1) is 11.1. The third-order valence-electron chi connectivity index (χ3n) is 1.73. The van der Waals surface area contributed by atoms with E-state index in [0.29, 0.717) is 13.1 Å². The van der Waals surface area contributed by atoms with E-state index in [0.717, 1.165) is 5.69 Å². The summed E-state index contributed by atoms with van der Waals surface area (Å²) in [5, 5.41) is 0.